The maximum Gasteiger partial charge on any atom is 0.168 e. The lowest BCUT2D eigenvalue weighted by Gasteiger charge is -2.04. The minimum absolute atomic E-state index is 0.165. The second kappa shape index (κ2) is 5.04. The molecule has 0 radical (unpaired) electrons. The zero-order chi connectivity index (χ0) is 10.5. The Morgan fingerprint density at radius 3 is 3.20 bits per heavy atom. The van der Waals surface area contributed by atoms with Crippen LogP contribution in [0.4, 0.5) is 0 Å². The molecule has 0 saturated heterocycles. The molecule has 0 saturated carbocycles. The van der Waals surface area contributed by atoms with Crippen molar-refractivity contribution in [2.75, 3.05) is 12.4 Å². The lowest BCUT2D eigenvalue weighted by Crippen LogP contribution is -2.00. The molecule has 2 rings (SSSR count). The van der Waals surface area contributed by atoms with Crippen LogP contribution in [0.3, 0.4) is 0 Å². The second-order valence-corrected chi connectivity index (χ2v) is 4.05. The molecule has 0 amide bonds. The second-order valence-electron chi connectivity index (χ2n) is 2.99. The molecule has 0 unspecified atom stereocenters. The maximum absolute atomic E-state index is 8.74. The molecule has 1 N–H and O–H groups in total. The molecule has 2 aromatic rings. The van der Waals surface area contributed by atoms with Gasteiger partial charge in [-0.25, -0.2) is 4.98 Å². The summed E-state index contributed by atoms with van der Waals surface area (Å²) in [5, 5.41) is 9.64. The van der Waals surface area contributed by atoms with Crippen molar-refractivity contribution in [2.24, 2.45) is 0 Å². The van der Waals surface area contributed by atoms with E-state index in [9.17, 15) is 0 Å². The van der Waals surface area contributed by atoms with Crippen LogP contribution in [-0.4, -0.2) is 27.0 Å². The first-order chi connectivity index (χ1) is 7.40. The fourth-order valence-corrected chi connectivity index (χ4v) is 1.96. The smallest absolute Gasteiger partial charge is 0.168 e. The van der Waals surface area contributed by atoms with E-state index >= 15 is 0 Å². The first kappa shape index (κ1) is 10.3. The summed E-state index contributed by atoms with van der Waals surface area (Å²) < 4.78 is 7.26. The summed E-state index contributed by atoms with van der Waals surface area (Å²) in [6, 6.07) is 3.80. The van der Waals surface area contributed by atoms with E-state index in [1.165, 1.54) is 11.8 Å². The van der Waals surface area contributed by atoms with E-state index in [0.29, 0.717) is 12.3 Å². The molecule has 4 nitrogen and oxygen atoms in total. The fraction of sp³-hybridized carbons (Fsp3) is 0.300. The van der Waals surface area contributed by atoms with E-state index in [0.717, 1.165) is 10.9 Å². The third-order valence-electron chi connectivity index (χ3n) is 1.91. The quantitative estimate of drug-likeness (QED) is 0.784. The molecular formula is C10H12N2O2S. The Morgan fingerprint density at radius 1 is 1.53 bits per heavy atom. The minimum Gasteiger partial charge on any atom is -0.467 e. The standard InChI is InChI=1S/C10H12N2O2S/c13-5-7-15-10-11-3-4-12(10)8-9-2-1-6-14-9/h1-4,6,13H,5,7-8H2. The van der Waals surface area contributed by atoms with Crippen molar-refractivity contribution in [2.45, 2.75) is 11.7 Å². The van der Waals surface area contributed by atoms with Crippen LogP contribution in [0.25, 0.3) is 0 Å². The normalized spacial score (nSPS) is 10.7. The number of rotatable bonds is 5. The molecule has 2 heterocycles. The molecule has 0 aliphatic rings. The van der Waals surface area contributed by atoms with Crippen molar-refractivity contribution in [1.82, 2.24) is 9.55 Å². The molecular weight excluding hydrogens is 212 g/mol. The monoisotopic (exact) mass is 224 g/mol. The van der Waals surface area contributed by atoms with Crippen molar-refractivity contribution in [3.05, 3.63) is 36.5 Å². The van der Waals surface area contributed by atoms with Gasteiger partial charge in [-0.3, -0.25) is 0 Å². The van der Waals surface area contributed by atoms with Crippen molar-refractivity contribution < 1.29 is 9.52 Å². The number of imidazole rings is 1. The molecule has 2 aromatic heterocycles. The average Bonchev–Trinajstić information content (AvgIpc) is 2.87. The maximum atomic E-state index is 8.74. The molecule has 0 aliphatic heterocycles. The Hall–Kier alpha value is -1.20. The summed E-state index contributed by atoms with van der Waals surface area (Å²) >= 11 is 1.54. The summed E-state index contributed by atoms with van der Waals surface area (Å²) in [5.41, 5.74) is 0. The topological polar surface area (TPSA) is 51.2 Å². The van der Waals surface area contributed by atoms with Crippen LogP contribution in [0, 0.1) is 0 Å². The van der Waals surface area contributed by atoms with Crippen molar-refractivity contribution in [3.63, 3.8) is 0 Å². The van der Waals surface area contributed by atoms with E-state index in [1.54, 1.807) is 12.5 Å². The molecule has 0 spiro atoms. The van der Waals surface area contributed by atoms with Gasteiger partial charge in [0.2, 0.25) is 0 Å². The highest BCUT2D eigenvalue weighted by Crippen LogP contribution is 2.16. The average molecular weight is 224 g/mol. The largest absolute Gasteiger partial charge is 0.467 e. The fourth-order valence-electron chi connectivity index (χ4n) is 1.26. The molecule has 0 fully saturated rings. The van der Waals surface area contributed by atoms with Crippen LogP contribution < -0.4 is 0 Å². The molecule has 0 aromatic carbocycles. The van der Waals surface area contributed by atoms with Gasteiger partial charge in [0.25, 0.3) is 0 Å². The van der Waals surface area contributed by atoms with E-state index in [4.69, 9.17) is 9.52 Å². The number of thioether (sulfide) groups is 1. The molecule has 0 aliphatic carbocycles. The first-order valence-electron chi connectivity index (χ1n) is 4.67. The van der Waals surface area contributed by atoms with Crippen molar-refractivity contribution in [1.29, 1.82) is 0 Å². The Kier molecular flexibility index (Phi) is 3.47. The van der Waals surface area contributed by atoms with Gasteiger partial charge in [-0.1, -0.05) is 11.8 Å². The van der Waals surface area contributed by atoms with E-state index in [2.05, 4.69) is 4.98 Å². The Morgan fingerprint density at radius 2 is 2.47 bits per heavy atom. The van der Waals surface area contributed by atoms with Crippen LogP contribution >= 0.6 is 11.8 Å². The van der Waals surface area contributed by atoms with Gasteiger partial charge in [0.15, 0.2) is 5.16 Å². The number of aliphatic hydroxyl groups excluding tert-OH is 1. The Balaban J connectivity index is 2.04. The van der Waals surface area contributed by atoms with Crippen molar-refractivity contribution in [3.8, 4) is 0 Å². The summed E-state index contributed by atoms with van der Waals surface area (Å²) in [6.45, 7) is 0.846. The lowest BCUT2D eigenvalue weighted by molar-refractivity contribution is 0.322. The van der Waals surface area contributed by atoms with Gasteiger partial charge in [-0.2, -0.15) is 0 Å². The predicted octanol–water partition coefficient (Wildman–Crippen LogP) is 1.61. The lowest BCUT2D eigenvalue weighted by atomic mass is 10.4. The SMILES string of the molecule is OCCSc1nccn1Cc1ccco1. The highest BCUT2D eigenvalue weighted by atomic mass is 32.2. The summed E-state index contributed by atoms with van der Waals surface area (Å²) in [7, 11) is 0. The van der Waals surface area contributed by atoms with Crippen LogP contribution in [0.5, 0.6) is 0 Å². The zero-order valence-electron chi connectivity index (χ0n) is 8.17. The van der Waals surface area contributed by atoms with Gasteiger partial charge in [-0.15, -0.1) is 0 Å². The molecule has 5 heteroatoms. The summed E-state index contributed by atoms with van der Waals surface area (Å²) in [5.74, 6) is 1.56. The van der Waals surface area contributed by atoms with Gasteiger partial charge in [-0.05, 0) is 12.1 Å². The minimum atomic E-state index is 0.165. The first-order valence-corrected chi connectivity index (χ1v) is 5.66. The number of nitrogens with zero attached hydrogens (tertiary/aromatic N) is 2. The molecule has 15 heavy (non-hydrogen) atoms. The molecule has 0 atom stereocenters. The van der Waals surface area contributed by atoms with Crippen LogP contribution in [0.1, 0.15) is 5.76 Å². The molecule has 80 valence electrons. The van der Waals surface area contributed by atoms with E-state index in [1.807, 2.05) is 22.9 Å². The third-order valence-corrected chi connectivity index (χ3v) is 2.89. The van der Waals surface area contributed by atoms with Gasteiger partial charge < -0.3 is 14.1 Å². The Labute approximate surface area is 91.9 Å². The van der Waals surface area contributed by atoms with Crippen molar-refractivity contribution >= 4 is 11.8 Å². The third kappa shape index (κ3) is 2.64. The van der Waals surface area contributed by atoms with Gasteiger partial charge in [0.1, 0.15) is 5.76 Å². The Bertz CT molecular complexity index is 397. The predicted molar refractivity (Wildman–Crippen MR) is 57.8 cm³/mol. The number of furan rings is 1. The highest BCUT2D eigenvalue weighted by Gasteiger charge is 2.04. The zero-order valence-corrected chi connectivity index (χ0v) is 8.98. The number of hydrogen-bond acceptors (Lipinski definition) is 4. The van der Waals surface area contributed by atoms with E-state index < -0.39 is 0 Å². The number of aromatic nitrogens is 2. The number of hydrogen-bond donors (Lipinski definition) is 1. The van der Waals surface area contributed by atoms with Gasteiger partial charge >= 0.3 is 0 Å². The van der Waals surface area contributed by atoms with Crippen LogP contribution in [0.2, 0.25) is 0 Å². The summed E-state index contributed by atoms with van der Waals surface area (Å²) in [4.78, 5) is 4.21. The molecule has 0 bridgehead atoms. The van der Waals surface area contributed by atoms with E-state index in [-0.39, 0.29) is 6.61 Å². The van der Waals surface area contributed by atoms with Crippen LogP contribution in [0.15, 0.2) is 40.4 Å². The van der Waals surface area contributed by atoms with Crippen LogP contribution in [-0.2, 0) is 6.54 Å². The summed E-state index contributed by atoms with van der Waals surface area (Å²) in [6.07, 6.45) is 5.32. The van der Waals surface area contributed by atoms with Gasteiger partial charge in [0, 0.05) is 18.1 Å². The highest BCUT2D eigenvalue weighted by molar-refractivity contribution is 7.99. The number of aliphatic hydroxyl groups is 1. The van der Waals surface area contributed by atoms with Gasteiger partial charge in [0.05, 0.1) is 19.4 Å².